The number of nitrogens with zero attached hydrogens (tertiary/aromatic N) is 3. The number of carbonyl (C=O) groups excluding carboxylic acids is 1. The second-order valence-corrected chi connectivity index (χ2v) is 6.96. The van der Waals surface area contributed by atoms with Gasteiger partial charge in [-0.15, -0.1) is 0 Å². The van der Waals surface area contributed by atoms with Crippen molar-refractivity contribution in [2.75, 3.05) is 19.6 Å². The second-order valence-electron chi connectivity index (χ2n) is 6.96. The number of amides is 1. The Hall–Kier alpha value is -2.73. The number of carbonyl (C=O) groups is 1. The Kier molecular flexibility index (Phi) is 4.67. The lowest BCUT2D eigenvalue weighted by molar-refractivity contribution is 0.0942. The van der Waals surface area contributed by atoms with Crippen LogP contribution in [0.15, 0.2) is 42.9 Å². The molecule has 1 aromatic carbocycles. The number of H-pyrrole nitrogens is 1. The number of likely N-dealkylation sites (tertiary alicyclic amines) is 1. The summed E-state index contributed by atoms with van der Waals surface area (Å²) in [6, 6.07) is 8.44. The summed E-state index contributed by atoms with van der Waals surface area (Å²) in [5, 5.41) is 4.28. The standard InChI is InChI=1S/C20H23N5O/c1-14-16-4-2-3-5-17(16)24-19(14)13-25-9-6-15(12-25)10-23-20(26)18-11-21-7-8-22-18/h2-5,7-8,11,15,24H,6,9-10,12-13H2,1H3,(H,23,26)/t15-/m0/s1. The molecule has 1 saturated heterocycles. The third kappa shape index (κ3) is 3.46. The van der Waals surface area contributed by atoms with Crippen LogP contribution in [0.3, 0.4) is 0 Å². The van der Waals surface area contributed by atoms with Crippen LogP contribution in [-0.4, -0.2) is 45.4 Å². The van der Waals surface area contributed by atoms with Crippen LogP contribution in [0.1, 0.15) is 28.2 Å². The molecule has 6 heteroatoms. The van der Waals surface area contributed by atoms with Crippen LogP contribution in [-0.2, 0) is 6.54 Å². The third-order valence-corrected chi connectivity index (χ3v) is 5.17. The van der Waals surface area contributed by atoms with E-state index in [1.165, 1.54) is 34.6 Å². The van der Waals surface area contributed by atoms with Crippen LogP contribution in [0.2, 0.25) is 0 Å². The first-order chi connectivity index (χ1) is 12.7. The molecule has 0 radical (unpaired) electrons. The van der Waals surface area contributed by atoms with Gasteiger partial charge >= 0.3 is 0 Å². The lowest BCUT2D eigenvalue weighted by Gasteiger charge is -2.16. The molecule has 0 aliphatic carbocycles. The van der Waals surface area contributed by atoms with Crippen molar-refractivity contribution in [3.63, 3.8) is 0 Å². The fourth-order valence-electron chi connectivity index (χ4n) is 3.69. The Balaban J connectivity index is 1.32. The van der Waals surface area contributed by atoms with Crippen molar-refractivity contribution in [2.45, 2.75) is 19.9 Å². The molecule has 1 atom stereocenters. The van der Waals surface area contributed by atoms with Crippen LogP contribution < -0.4 is 5.32 Å². The zero-order valence-corrected chi connectivity index (χ0v) is 14.9. The molecule has 0 bridgehead atoms. The van der Waals surface area contributed by atoms with E-state index in [9.17, 15) is 4.79 Å². The predicted octanol–water partition coefficient (Wildman–Crippen LogP) is 2.52. The molecule has 6 nitrogen and oxygen atoms in total. The summed E-state index contributed by atoms with van der Waals surface area (Å²) >= 11 is 0. The largest absolute Gasteiger partial charge is 0.357 e. The maximum Gasteiger partial charge on any atom is 0.271 e. The number of nitrogens with one attached hydrogen (secondary N) is 2. The minimum Gasteiger partial charge on any atom is -0.357 e. The molecule has 26 heavy (non-hydrogen) atoms. The minimum absolute atomic E-state index is 0.150. The van der Waals surface area contributed by atoms with Gasteiger partial charge < -0.3 is 10.3 Å². The summed E-state index contributed by atoms with van der Waals surface area (Å²) in [5.41, 5.74) is 4.19. The molecule has 134 valence electrons. The number of aryl methyl sites for hydroxylation is 1. The van der Waals surface area contributed by atoms with Gasteiger partial charge in [0.05, 0.1) is 6.20 Å². The van der Waals surface area contributed by atoms with Gasteiger partial charge in [0.25, 0.3) is 5.91 Å². The molecule has 1 amide bonds. The quantitative estimate of drug-likeness (QED) is 0.742. The molecule has 0 saturated carbocycles. The summed E-state index contributed by atoms with van der Waals surface area (Å²) < 4.78 is 0. The summed E-state index contributed by atoms with van der Waals surface area (Å²) in [7, 11) is 0. The average Bonchev–Trinajstić information content (AvgIpc) is 3.26. The topological polar surface area (TPSA) is 73.9 Å². The van der Waals surface area contributed by atoms with Crippen LogP contribution >= 0.6 is 0 Å². The lowest BCUT2D eigenvalue weighted by Crippen LogP contribution is -2.31. The first-order valence-corrected chi connectivity index (χ1v) is 9.03. The fraction of sp³-hybridized carbons (Fsp3) is 0.350. The average molecular weight is 349 g/mol. The molecule has 3 heterocycles. The molecule has 0 spiro atoms. The zero-order valence-electron chi connectivity index (χ0n) is 14.9. The fourth-order valence-corrected chi connectivity index (χ4v) is 3.69. The van der Waals surface area contributed by atoms with Crippen LogP contribution in [0.5, 0.6) is 0 Å². The highest BCUT2D eigenvalue weighted by atomic mass is 16.1. The number of hydrogen-bond donors (Lipinski definition) is 2. The van der Waals surface area contributed by atoms with Gasteiger partial charge in [-0.05, 0) is 37.4 Å². The van der Waals surface area contributed by atoms with Crippen molar-refractivity contribution >= 4 is 16.8 Å². The van der Waals surface area contributed by atoms with Crippen LogP contribution in [0.25, 0.3) is 10.9 Å². The van der Waals surface area contributed by atoms with E-state index < -0.39 is 0 Å². The molecule has 1 aliphatic rings. The first-order valence-electron chi connectivity index (χ1n) is 9.03. The number of aromatic amines is 1. The number of hydrogen-bond acceptors (Lipinski definition) is 4. The van der Waals surface area contributed by atoms with Crippen molar-refractivity contribution in [3.05, 3.63) is 59.8 Å². The Morgan fingerprint density at radius 2 is 2.23 bits per heavy atom. The highest BCUT2D eigenvalue weighted by Crippen LogP contribution is 2.24. The van der Waals surface area contributed by atoms with Crippen LogP contribution in [0.4, 0.5) is 0 Å². The second kappa shape index (κ2) is 7.25. The number of fused-ring (bicyclic) bond motifs is 1. The summed E-state index contributed by atoms with van der Waals surface area (Å²) in [6.07, 6.45) is 5.70. The van der Waals surface area contributed by atoms with Gasteiger partial charge in [0, 0.05) is 48.6 Å². The summed E-state index contributed by atoms with van der Waals surface area (Å²) in [4.78, 5) is 26.1. The number of benzene rings is 1. The van der Waals surface area contributed by atoms with E-state index in [-0.39, 0.29) is 5.91 Å². The predicted molar refractivity (Wildman–Crippen MR) is 101 cm³/mol. The van der Waals surface area contributed by atoms with E-state index >= 15 is 0 Å². The monoisotopic (exact) mass is 349 g/mol. The number of para-hydroxylation sites is 1. The van der Waals surface area contributed by atoms with Gasteiger partial charge in [-0.25, -0.2) is 4.98 Å². The molecular weight excluding hydrogens is 326 g/mol. The highest BCUT2D eigenvalue weighted by Gasteiger charge is 2.24. The van der Waals surface area contributed by atoms with Gasteiger partial charge in [0.2, 0.25) is 0 Å². The van der Waals surface area contributed by atoms with Gasteiger partial charge in [-0.2, -0.15) is 0 Å². The molecule has 2 aromatic heterocycles. The normalized spacial score (nSPS) is 17.7. The van der Waals surface area contributed by atoms with E-state index in [1.807, 2.05) is 0 Å². The molecule has 1 fully saturated rings. The Morgan fingerprint density at radius 1 is 1.35 bits per heavy atom. The van der Waals surface area contributed by atoms with E-state index in [1.54, 1.807) is 6.20 Å². The van der Waals surface area contributed by atoms with Crippen molar-refractivity contribution in [1.29, 1.82) is 0 Å². The Morgan fingerprint density at radius 3 is 3.04 bits per heavy atom. The maximum atomic E-state index is 12.1. The van der Waals surface area contributed by atoms with E-state index in [2.05, 4.69) is 56.4 Å². The number of aromatic nitrogens is 3. The van der Waals surface area contributed by atoms with E-state index in [4.69, 9.17) is 0 Å². The van der Waals surface area contributed by atoms with Gasteiger partial charge in [-0.3, -0.25) is 14.7 Å². The molecule has 2 N–H and O–H groups in total. The highest BCUT2D eigenvalue weighted by molar-refractivity contribution is 5.91. The molecular formula is C20H23N5O. The molecule has 4 rings (SSSR count). The Labute approximate surface area is 152 Å². The summed E-state index contributed by atoms with van der Waals surface area (Å²) in [5.74, 6) is 0.323. The SMILES string of the molecule is Cc1c(CN2CC[C@@H](CNC(=O)c3cnccn3)C2)[nH]c2ccccc12. The lowest BCUT2D eigenvalue weighted by atomic mass is 10.1. The minimum atomic E-state index is -0.150. The van der Waals surface area contributed by atoms with Gasteiger partial charge in [0.15, 0.2) is 0 Å². The van der Waals surface area contributed by atoms with Crippen molar-refractivity contribution in [2.24, 2.45) is 5.92 Å². The first kappa shape index (κ1) is 16.7. The smallest absolute Gasteiger partial charge is 0.271 e. The molecule has 0 unspecified atom stereocenters. The zero-order chi connectivity index (χ0) is 17.9. The summed E-state index contributed by atoms with van der Waals surface area (Å²) in [6.45, 7) is 5.84. The van der Waals surface area contributed by atoms with Crippen molar-refractivity contribution in [3.8, 4) is 0 Å². The van der Waals surface area contributed by atoms with Gasteiger partial charge in [0.1, 0.15) is 5.69 Å². The van der Waals surface area contributed by atoms with Crippen LogP contribution in [0, 0.1) is 12.8 Å². The van der Waals surface area contributed by atoms with Crippen molar-refractivity contribution < 1.29 is 4.79 Å². The van der Waals surface area contributed by atoms with Gasteiger partial charge in [-0.1, -0.05) is 18.2 Å². The third-order valence-electron chi connectivity index (χ3n) is 5.17. The maximum absolute atomic E-state index is 12.1. The molecule has 3 aromatic rings. The van der Waals surface area contributed by atoms with E-state index in [0.29, 0.717) is 18.2 Å². The van der Waals surface area contributed by atoms with Crippen molar-refractivity contribution in [1.82, 2.24) is 25.2 Å². The molecule has 1 aliphatic heterocycles. The number of rotatable bonds is 5. The Bertz CT molecular complexity index is 905. The van der Waals surface area contributed by atoms with E-state index in [0.717, 1.165) is 26.1 Å².